The molecule has 2 aromatic carbocycles. The Labute approximate surface area is 163 Å². The van der Waals surface area contributed by atoms with Gasteiger partial charge in [0.15, 0.2) is 5.43 Å². The molecule has 144 valence electrons. The molecular formula is C22H23N3O3. The van der Waals surface area contributed by atoms with Crippen LogP contribution < -0.4 is 5.43 Å². The van der Waals surface area contributed by atoms with Crippen LogP contribution >= 0.6 is 0 Å². The van der Waals surface area contributed by atoms with Crippen molar-refractivity contribution in [2.75, 3.05) is 26.2 Å². The summed E-state index contributed by atoms with van der Waals surface area (Å²) in [7, 11) is 0. The highest BCUT2D eigenvalue weighted by atomic mass is 16.2. The molecule has 0 atom stereocenters. The molecule has 1 fully saturated rings. The Morgan fingerprint density at radius 3 is 1.96 bits per heavy atom. The van der Waals surface area contributed by atoms with Crippen LogP contribution in [0.1, 0.15) is 13.3 Å². The number of fused-ring (bicyclic) bond motifs is 2. The van der Waals surface area contributed by atoms with E-state index in [-0.39, 0.29) is 23.8 Å². The summed E-state index contributed by atoms with van der Waals surface area (Å²) in [4.78, 5) is 41.2. The molecule has 0 unspecified atom stereocenters. The van der Waals surface area contributed by atoms with Crippen molar-refractivity contribution in [3.63, 3.8) is 0 Å². The van der Waals surface area contributed by atoms with Crippen LogP contribution in [0, 0.1) is 0 Å². The Hall–Kier alpha value is -3.15. The number of hydrogen-bond acceptors (Lipinski definition) is 3. The first kappa shape index (κ1) is 18.2. The van der Waals surface area contributed by atoms with E-state index in [2.05, 4.69) is 0 Å². The summed E-state index contributed by atoms with van der Waals surface area (Å²) in [5, 5.41) is 1.24. The van der Waals surface area contributed by atoms with Gasteiger partial charge in [-0.1, -0.05) is 24.3 Å². The maximum atomic E-state index is 13.1. The second-order valence-electron chi connectivity index (χ2n) is 7.19. The third-order valence-corrected chi connectivity index (χ3v) is 5.47. The quantitative estimate of drug-likeness (QED) is 0.644. The first-order valence-electron chi connectivity index (χ1n) is 9.60. The monoisotopic (exact) mass is 377 g/mol. The highest BCUT2D eigenvalue weighted by molar-refractivity contribution is 5.94. The van der Waals surface area contributed by atoms with Gasteiger partial charge in [0.2, 0.25) is 11.8 Å². The molecule has 0 saturated carbocycles. The van der Waals surface area contributed by atoms with Gasteiger partial charge in [-0.15, -0.1) is 0 Å². The summed E-state index contributed by atoms with van der Waals surface area (Å²) in [6.45, 7) is 4.15. The maximum absolute atomic E-state index is 13.1. The summed E-state index contributed by atoms with van der Waals surface area (Å²) >= 11 is 0. The van der Waals surface area contributed by atoms with Crippen LogP contribution in [-0.2, 0) is 16.1 Å². The maximum Gasteiger partial charge on any atom is 0.242 e. The zero-order chi connectivity index (χ0) is 19.7. The summed E-state index contributed by atoms with van der Waals surface area (Å²) < 4.78 is 1.93. The van der Waals surface area contributed by atoms with E-state index in [0.29, 0.717) is 37.0 Å². The van der Waals surface area contributed by atoms with E-state index in [1.165, 1.54) is 0 Å². The third-order valence-electron chi connectivity index (χ3n) is 5.47. The fourth-order valence-electron chi connectivity index (χ4n) is 3.96. The molecule has 28 heavy (non-hydrogen) atoms. The van der Waals surface area contributed by atoms with E-state index in [4.69, 9.17) is 0 Å². The van der Waals surface area contributed by atoms with Gasteiger partial charge in [-0.05, 0) is 30.7 Å². The molecule has 1 saturated heterocycles. The van der Waals surface area contributed by atoms with Crippen LogP contribution in [0.15, 0.2) is 53.3 Å². The Bertz CT molecular complexity index is 1060. The van der Waals surface area contributed by atoms with Gasteiger partial charge in [0.25, 0.3) is 0 Å². The Kier molecular flexibility index (Phi) is 4.86. The molecule has 0 N–H and O–H groups in total. The van der Waals surface area contributed by atoms with Crippen molar-refractivity contribution in [2.45, 2.75) is 19.9 Å². The third kappa shape index (κ3) is 3.26. The zero-order valence-electron chi connectivity index (χ0n) is 15.9. The molecule has 4 rings (SSSR count). The average molecular weight is 377 g/mol. The van der Waals surface area contributed by atoms with Crippen molar-refractivity contribution in [1.29, 1.82) is 0 Å². The van der Waals surface area contributed by atoms with Crippen molar-refractivity contribution >= 4 is 33.6 Å². The summed E-state index contributed by atoms with van der Waals surface area (Å²) in [6, 6.07) is 14.8. The number of aromatic nitrogens is 1. The minimum atomic E-state index is -0.0122. The van der Waals surface area contributed by atoms with Crippen LogP contribution in [0.25, 0.3) is 21.8 Å². The van der Waals surface area contributed by atoms with E-state index >= 15 is 0 Å². The lowest BCUT2D eigenvalue weighted by Crippen LogP contribution is -2.38. The average Bonchev–Trinajstić information content (AvgIpc) is 2.97. The molecule has 2 amide bonds. The van der Waals surface area contributed by atoms with Gasteiger partial charge in [-0.3, -0.25) is 14.4 Å². The van der Waals surface area contributed by atoms with E-state index in [1.54, 1.807) is 11.8 Å². The molecule has 0 bridgehead atoms. The fraction of sp³-hybridized carbons (Fsp3) is 0.318. The number of nitrogens with zero attached hydrogens (tertiary/aromatic N) is 3. The fourth-order valence-corrected chi connectivity index (χ4v) is 3.96. The number of carbonyl (C=O) groups excluding carboxylic acids is 2. The van der Waals surface area contributed by atoms with Crippen LogP contribution in [0.5, 0.6) is 0 Å². The minimum absolute atomic E-state index is 0.00403. The Morgan fingerprint density at radius 2 is 1.36 bits per heavy atom. The molecule has 3 aromatic rings. The number of amides is 2. The Morgan fingerprint density at radius 1 is 0.821 bits per heavy atom. The van der Waals surface area contributed by atoms with Gasteiger partial charge < -0.3 is 14.4 Å². The van der Waals surface area contributed by atoms with E-state index in [9.17, 15) is 14.4 Å². The number of hydrogen-bond donors (Lipinski definition) is 0. The molecule has 0 spiro atoms. The van der Waals surface area contributed by atoms with Crippen LogP contribution in [-0.4, -0.2) is 52.4 Å². The number of pyridine rings is 1. The molecule has 1 aromatic heterocycles. The number of rotatable bonds is 2. The van der Waals surface area contributed by atoms with Crippen molar-refractivity contribution in [1.82, 2.24) is 14.4 Å². The SMILES string of the molecule is CC(=O)N1CCCN(C(=O)Cn2c3ccccc3c(=O)c3ccccc32)CC1. The second kappa shape index (κ2) is 7.46. The summed E-state index contributed by atoms with van der Waals surface area (Å²) in [5.74, 6) is 0.0519. The van der Waals surface area contributed by atoms with Crippen molar-refractivity contribution in [3.8, 4) is 0 Å². The van der Waals surface area contributed by atoms with E-state index in [0.717, 1.165) is 17.5 Å². The lowest BCUT2D eigenvalue weighted by Gasteiger charge is -2.23. The lowest BCUT2D eigenvalue weighted by atomic mass is 10.1. The largest absolute Gasteiger partial charge is 0.341 e. The topological polar surface area (TPSA) is 62.6 Å². The van der Waals surface area contributed by atoms with Gasteiger partial charge in [0, 0.05) is 43.9 Å². The Balaban J connectivity index is 1.71. The first-order valence-corrected chi connectivity index (χ1v) is 9.60. The minimum Gasteiger partial charge on any atom is -0.341 e. The molecule has 0 radical (unpaired) electrons. The van der Waals surface area contributed by atoms with Gasteiger partial charge in [0.05, 0.1) is 11.0 Å². The number of benzene rings is 2. The van der Waals surface area contributed by atoms with E-state index in [1.807, 2.05) is 58.0 Å². The van der Waals surface area contributed by atoms with Crippen LogP contribution in [0.3, 0.4) is 0 Å². The van der Waals surface area contributed by atoms with Crippen molar-refractivity contribution in [2.24, 2.45) is 0 Å². The molecule has 2 heterocycles. The van der Waals surface area contributed by atoms with Crippen LogP contribution in [0.2, 0.25) is 0 Å². The molecule has 0 aliphatic carbocycles. The standard InChI is InChI=1S/C22H23N3O3/c1-16(26)23-11-6-12-24(14-13-23)21(27)15-25-19-9-4-2-7-17(19)22(28)18-8-3-5-10-20(18)25/h2-5,7-10H,6,11-15H2,1H3. The predicted molar refractivity (Wildman–Crippen MR) is 109 cm³/mol. The molecular weight excluding hydrogens is 354 g/mol. The summed E-state index contributed by atoms with van der Waals surface area (Å²) in [6.07, 6.45) is 0.775. The highest BCUT2D eigenvalue weighted by Gasteiger charge is 2.21. The van der Waals surface area contributed by atoms with E-state index < -0.39 is 0 Å². The molecule has 1 aliphatic heterocycles. The first-order chi connectivity index (χ1) is 13.6. The smallest absolute Gasteiger partial charge is 0.242 e. The molecule has 6 nitrogen and oxygen atoms in total. The lowest BCUT2D eigenvalue weighted by molar-refractivity contribution is -0.133. The van der Waals surface area contributed by atoms with Gasteiger partial charge in [0.1, 0.15) is 6.54 Å². The predicted octanol–water partition coefficient (Wildman–Crippen LogP) is 2.24. The van der Waals surface area contributed by atoms with Gasteiger partial charge >= 0.3 is 0 Å². The van der Waals surface area contributed by atoms with Gasteiger partial charge in [-0.2, -0.15) is 0 Å². The van der Waals surface area contributed by atoms with Crippen molar-refractivity contribution < 1.29 is 9.59 Å². The number of carbonyl (C=O) groups is 2. The molecule has 6 heteroatoms. The van der Waals surface area contributed by atoms with Crippen molar-refractivity contribution in [3.05, 3.63) is 58.8 Å². The van der Waals surface area contributed by atoms with Gasteiger partial charge in [-0.25, -0.2) is 0 Å². The highest BCUT2D eigenvalue weighted by Crippen LogP contribution is 2.19. The second-order valence-corrected chi connectivity index (χ2v) is 7.19. The van der Waals surface area contributed by atoms with Crippen LogP contribution in [0.4, 0.5) is 0 Å². The zero-order valence-corrected chi connectivity index (χ0v) is 15.9. The number of para-hydroxylation sites is 2. The normalized spacial score (nSPS) is 15.0. The molecule has 1 aliphatic rings. The summed E-state index contributed by atoms with van der Waals surface area (Å²) in [5.41, 5.74) is 1.52.